The van der Waals surface area contributed by atoms with Crippen molar-refractivity contribution < 1.29 is 9.59 Å². The standard InChI is InChI=1S/C14H16O2Si/c1-11-8-12(2)10-14(9-11)17(15,16)13-6-4-3-5-7-13/h3-10,15-16H,1-2H3. The molecule has 0 aliphatic rings. The SMILES string of the molecule is Cc1cc(C)cc([Si](O)(O)c2ccccc2)c1. The van der Waals surface area contributed by atoms with Gasteiger partial charge in [0.2, 0.25) is 0 Å². The summed E-state index contributed by atoms with van der Waals surface area (Å²) < 4.78 is 0. The van der Waals surface area contributed by atoms with Gasteiger partial charge in [-0.05, 0) is 24.2 Å². The Balaban J connectivity index is 2.51. The van der Waals surface area contributed by atoms with Crippen LogP contribution in [0.1, 0.15) is 11.1 Å². The minimum atomic E-state index is -3.52. The molecule has 0 unspecified atom stereocenters. The fraction of sp³-hybridized carbons (Fsp3) is 0.143. The number of aryl methyl sites for hydroxylation is 2. The summed E-state index contributed by atoms with van der Waals surface area (Å²) in [5, 5.41) is 1.26. The van der Waals surface area contributed by atoms with Crippen molar-refractivity contribution in [2.75, 3.05) is 0 Å². The van der Waals surface area contributed by atoms with Crippen molar-refractivity contribution in [3.63, 3.8) is 0 Å². The summed E-state index contributed by atoms with van der Waals surface area (Å²) in [4.78, 5) is 20.8. The Morgan fingerprint density at radius 2 is 1.29 bits per heavy atom. The maximum atomic E-state index is 10.4. The summed E-state index contributed by atoms with van der Waals surface area (Å²) in [7, 11) is -3.52. The van der Waals surface area contributed by atoms with E-state index in [4.69, 9.17) is 0 Å². The third kappa shape index (κ3) is 2.47. The molecule has 0 atom stereocenters. The molecule has 3 heteroatoms. The fourth-order valence-corrected chi connectivity index (χ4v) is 3.86. The van der Waals surface area contributed by atoms with Gasteiger partial charge < -0.3 is 9.59 Å². The van der Waals surface area contributed by atoms with Crippen LogP contribution in [0.25, 0.3) is 0 Å². The third-order valence-corrected chi connectivity index (χ3v) is 5.03. The van der Waals surface area contributed by atoms with Gasteiger partial charge in [-0.3, -0.25) is 0 Å². The summed E-state index contributed by atoms with van der Waals surface area (Å²) in [6, 6.07) is 14.8. The van der Waals surface area contributed by atoms with Crippen LogP contribution in [0.15, 0.2) is 48.5 Å². The van der Waals surface area contributed by atoms with Crippen molar-refractivity contribution in [1.82, 2.24) is 0 Å². The molecule has 0 spiro atoms. The van der Waals surface area contributed by atoms with E-state index in [9.17, 15) is 9.59 Å². The van der Waals surface area contributed by atoms with Crippen molar-refractivity contribution in [3.05, 3.63) is 59.7 Å². The van der Waals surface area contributed by atoms with Crippen molar-refractivity contribution in [3.8, 4) is 0 Å². The summed E-state index contributed by atoms with van der Waals surface area (Å²) in [6.07, 6.45) is 0. The van der Waals surface area contributed by atoms with Crippen LogP contribution in [-0.2, 0) is 0 Å². The molecule has 0 aliphatic carbocycles. The highest BCUT2D eigenvalue weighted by Gasteiger charge is 2.34. The molecular weight excluding hydrogens is 228 g/mol. The summed E-state index contributed by atoms with van der Waals surface area (Å²) >= 11 is 0. The normalized spacial score (nSPS) is 11.5. The molecule has 0 aromatic heterocycles. The van der Waals surface area contributed by atoms with Crippen LogP contribution >= 0.6 is 0 Å². The zero-order valence-electron chi connectivity index (χ0n) is 10.0. The third-order valence-electron chi connectivity index (χ3n) is 2.80. The minimum Gasteiger partial charge on any atom is -0.404 e. The Morgan fingerprint density at radius 1 is 0.765 bits per heavy atom. The van der Waals surface area contributed by atoms with Gasteiger partial charge in [-0.2, -0.15) is 0 Å². The Kier molecular flexibility index (Phi) is 3.15. The van der Waals surface area contributed by atoms with Crippen molar-refractivity contribution >= 4 is 18.9 Å². The molecule has 0 bridgehead atoms. The smallest absolute Gasteiger partial charge is 0.401 e. The van der Waals surface area contributed by atoms with E-state index in [1.54, 1.807) is 12.1 Å². The molecule has 2 aromatic carbocycles. The average molecular weight is 244 g/mol. The molecule has 0 aliphatic heterocycles. The van der Waals surface area contributed by atoms with Gasteiger partial charge in [0.25, 0.3) is 0 Å². The Bertz CT molecular complexity index is 501. The van der Waals surface area contributed by atoms with Gasteiger partial charge in [0.05, 0.1) is 0 Å². The van der Waals surface area contributed by atoms with Gasteiger partial charge in [0.1, 0.15) is 0 Å². The average Bonchev–Trinajstić information content (AvgIpc) is 2.29. The molecule has 17 heavy (non-hydrogen) atoms. The van der Waals surface area contributed by atoms with Gasteiger partial charge in [0, 0.05) is 0 Å². The number of hydrogen-bond acceptors (Lipinski definition) is 2. The number of rotatable bonds is 2. The fourth-order valence-electron chi connectivity index (χ4n) is 2.01. The van der Waals surface area contributed by atoms with E-state index in [2.05, 4.69) is 0 Å². The summed E-state index contributed by atoms with van der Waals surface area (Å²) in [5.41, 5.74) is 2.10. The lowest BCUT2D eigenvalue weighted by Crippen LogP contribution is -2.59. The van der Waals surface area contributed by atoms with E-state index in [1.807, 2.05) is 50.2 Å². The molecule has 2 nitrogen and oxygen atoms in total. The van der Waals surface area contributed by atoms with E-state index in [1.165, 1.54) is 0 Å². The van der Waals surface area contributed by atoms with Crippen LogP contribution in [0.2, 0.25) is 0 Å². The second-order valence-electron chi connectivity index (χ2n) is 4.41. The van der Waals surface area contributed by atoms with Crippen molar-refractivity contribution in [1.29, 1.82) is 0 Å². The van der Waals surface area contributed by atoms with Crippen LogP contribution in [0.3, 0.4) is 0 Å². The molecular formula is C14H16O2Si. The van der Waals surface area contributed by atoms with Gasteiger partial charge in [-0.25, -0.2) is 0 Å². The summed E-state index contributed by atoms with van der Waals surface area (Å²) in [5.74, 6) is 0. The molecule has 2 aromatic rings. The summed E-state index contributed by atoms with van der Waals surface area (Å²) in [6.45, 7) is 3.93. The van der Waals surface area contributed by atoms with E-state index in [0.29, 0.717) is 10.4 Å². The lowest BCUT2D eigenvalue weighted by Gasteiger charge is -2.19. The molecule has 0 saturated carbocycles. The van der Waals surface area contributed by atoms with Crippen LogP contribution in [-0.4, -0.2) is 18.2 Å². The first kappa shape index (κ1) is 12.0. The predicted molar refractivity (Wildman–Crippen MR) is 71.8 cm³/mol. The molecule has 0 heterocycles. The van der Waals surface area contributed by atoms with Crippen LogP contribution < -0.4 is 10.4 Å². The molecule has 0 radical (unpaired) electrons. The van der Waals surface area contributed by atoms with Gasteiger partial charge >= 0.3 is 8.56 Å². The first-order chi connectivity index (χ1) is 8.00. The lowest BCUT2D eigenvalue weighted by atomic mass is 10.2. The van der Waals surface area contributed by atoms with E-state index >= 15 is 0 Å². The Labute approximate surface area is 102 Å². The number of benzene rings is 2. The zero-order chi connectivity index (χ0) is 12.5. The quantitative estimate of drug-likeness (QED) is 0.769. The number of hydrogen-bond donors (Lipinski definition) is 2. The van der Waals surface area contributed by atoms with Crippen molar-refractivity contribution in [2.45, 2.75) is 13.8 Å². The largest absolute Gasteiger partial charge is 0.404 e. The second-order valence-corrected chi connectivity index (χ2v) is 6.91. The van der Waals surface area contributed by atoms with Gasteiger partial charge in [-0.1, -0.05) is 59.7 Å². The monoisotopic (exact) mass is 244 g/mol. The van der Waals surface area contributed by atoms with Gasteiger partial charge in [-0.15, -0.1) is 0 Å². The molecule has 2 rings (SSSR count). The Hall–Kier alpha value is -1.42. The maximum absolute atomic E-state index is 10.4. The molecule has 0 saturated heterocycles. The topological polar surface area (TPSA) is 40.5 Å². The highest BCUT2D eigenvalue weighted by atomic mass is 28.4. The highest BCUT2D eigenvalue weighted by molar-refractivity contribution is 6.90. The first-order valence-corrected chi connectivity index (χ1v) is 7.48. The van der Waals surface area contributed by atoms with Crippen LogP contribution in [0, 0.1) is 13.8 Å². The molecule has 0 amide bonds. The van der Waals surface area contributed by atoms with E-state index < -0.39 is 8.56 Å². The van der Waals surface area contributed by atoms with Crippen LogP contribution in [0.4, 0.5) is 0 Å². The lowest BCUT2D eigenvalue weighted by molar-refractivity contribution is 0.401. The second kappa shape index (κ2) is 4.45. The van der Waals surface area contributed by atoms with E-state index in [-0.39, 0.29) is 0 Å². The first-order valence-electron chi connectivity index (χ1n) is 5.59. The maximum Gasteiger partial charge on any atom is 0.401 e. The Morgan fingerprint density at radius 3 is 1.82 bits per heavy atom. The van der Waals surface area contributed by atoms with E-state index in [0.717, 1.165) is 11.1 Å². The van der Waals surface area contributed by atoms with Crippen LogP contribution in [0.5, 0.6) is 0 Å². The zero-order valence-corrected chi connectivity index (χ0v) is 11.0. The molecule has 0 fully saturated rings. The highest BCUT2D eigenvalue weighted by Crippen LogP contribution is 2.05. The minimum absolute atomic E-state index is 0.616. The predicted octanol–water partition coefficient (Wildman–Crippen LogP) is 0.844. The molecule has 88 valence electrons. The molecule has 2 N–H and O–H groups in total. The van der Waals surface area contributed by atoms with Crippen molar-refractivity contribution in [2.24, 2.45) is 0 Å². The van der Waals surface area contributed by atoms with Gasteiger partial charge in [0.15, 0.2) is 0 Å².